The molecule has 0 atom stereocenters. The molecule has 0 bridgehead atoms. The Kier molecular flexibility index (Phi) is 4.79. The number of carbonyl (C=O) groups excluding carboxylic acids is 1. The van der Waals surface area contributed by atoms with Crippen molar-refractivity contribution in [3.8, 4) is 5.75 Å². The van der Waals surface area contributed by atoms with Crippen LogP contribution in [0.4, 0.5) is 5.69 Å². The third kappa shape index (κ3) is 3.55. The zero-order valence-corrected chi connectivity index (χ0v) is 9.52. The molecule has 1 aromatic rings. The van der Waals surface area contributed by atoms with E-state index in [2.05, 4.69) is 0 Å². The van der Waals surface area contributed by atoms with Gasteiger partial charge in [-0.05, 0) is 43.7 Å². The SMILES string of the molecule is CN(C(=O)CCCCN)c1ccc(O)cc1. The van der Waals surface area contributed by atoms with Gasteiger partial charge in [-0.2, -0.15) is 0 Å². The van der Waals surface area contributed by atoms with Gasteiger partial charge in [0.05, 0.1) is 0 Å². The third-order valence-corrected chi connectivity index (χ3v) is 2.46. The first-order valence-electron chi connectivity index (χ1n) is 5.41. The van der Waals surface area contributed by atoms with Crippen molar-refractivity contribution in [3.05, 3.63) is 24.3 Å². The number of phenolic OH excluding ortho intramolecular Hbond substituents is 1. The zero-order valence-electron chi connectivity index (χ0n) is 9.52. The summed E-state index contributed by atoms with van der Waals surface area (Å²) in [6, 6.07) is 6.57. The number of rotatable bonds is 5. The van der Waals surface area contributed by atoms with Crippen LogP contribution >= 0.6 is 0 Å². The first-order valence-corrected chi connectivity index (χ1v) is 5.41. The molecule has 88 valence electrons. The van der Waals surface area contributed by atoms with Crippen LogP contribution in [0.25, 0.3) is 0 Å². The predicted molar refractivity (Wildman–Crippen MR) is 64.4 cm³/mol. The number of anilines is 1. The normalized spacial score (nSPS) is 10.1. The summed E-state index contributed by atoms with van der Waals surface area (Å²) in [5, 5.41) is 9.13. The highest BCUT2D eigenvalue weighted by Crippen LogP contribution is 2.18. The largest absolute Gasteiger partial charge is 0.508 e. The maximum atomic E-state index is 11.7. The Bertz CT molecular complexity index is 335. The quantitative estimate of drug-likeness (QED) is 0.742. The number of hydrogen-bond donors (Lipinski definition) is 2. The van der Waals surface area contributed by atoms with Crippen LogP contribution in [-0.4, -0.2) is 24.6 Å². The average molecular weight is 222 g/mol. The molecule has 4 nitrogen and oxygen atoms in total. The summed E-state index contributed by atoms with van der Waals surface area (Å²) in [5.74, 6) is 0.270. The van der Waals surface area contributed by atoms with E-state index in [0.29, 0.717) is 13.0 Å². The summed E-state index contributed by atoms with van der Waals surface area (Å²) in [6.07, 6.45) is 2.20. The van der Waals surface area contributed by atoms with Crippen molar-refractivity contribution in [2.45, 2.75) is 19.3 Å². The summed E-state index contributed by atoms with van der Waals surface area (Å²) in [4.78, 5) is 13.3. The fourth-order valence-corrected chi connectivity index (χ4v) is 1.41. The van der Waals surface area contributed by atoms with Crippen LogP contribution in [0, 0.1) is 0 Å². The van der Waals surface area contributed by atoms with Crippen LogP contribution in [0.5, 0.6) is 5.75 Å². The van der Waals surface area contributed by atoms with E-state index in [1.165, 1.54) is 0 Å². The fourth-order valence-electron chi connectivity index (χ4n) is 1.41. The smallest absolute Gasteiger partial charge is 0.226 e. The second-order valence-corrected chi connectivity index (χ2v) is 3.71. The van der Waals surface area contributed by atoms with E-state index in [0.717, 1.165) is 18.5 Å². The summed E-state index contributed by atoms with van der Waals surface area (Å²) < 4.78 is 0. The van der Waals surface area contributed by atoms with E-state index < -0.39 is 0 Å². The van der Waals surface area contributed by atoms with Gasteiger partial charge in [0.25, 0.3) is 0 Å². The predicted octanol–water partition coefficient (Wildman–Crippen LogP) is 1.48. The van der Waals surface area contributed by atoms with Crippen LogP contribution in [0.1, 0.15) is 19.3 Å². The molecule has 0 radical (unpaired) electrons. The molecule has 0 fully saturated rings. The molecule has 0 saturated heterocycles. The van der Waals surface area contributed by atoms with Gasteiger partial charge in [0.1, 0.15) is 5.75 Å². The molecule has 0 aliphatic carbocycles. The molecule has 3 N–H and O–H groups in total. The van der Waals surface area contributed by atoms with Crippen molar-refractivity contribution >= 4 is 11.6 Å². The van der Waals surface area contributed by atoms with Gasteiger partial charge in [0, 0.05) is 19.2 Å². The molecule has 16 heavy (non-hydrogen) atoms. The van der Waals surface area contributed by atoms with Crippen molar-refractivity contribution in [1.29, 1.82) is 0 Å². The number of carbonyl (C=O) groups is 1. The van der Waals surface area contributed by atoms with E-state index >= 15 is 0 Å². The van der Waals surface area contributed by atoms with E-state index in [-0.39, 0.29) is 11.7 Å². The monoisotopic (exact) mass is 222 g/mol. The van der Waals surface area contributed by atoms with Gasteiger partial charge in [-0.25, -0.2) is 0 Å². The van der Waals surface area contributed by atoms with Crippen molar-refractivity contribution in [2.24, 2.45) is 5.73 Å². The van der Waals surface area contributed by atoms with Crippen molar-refractivity contribution < 1.29 is 9.90 Å². The maximum Gasteiger partial charge on any atom is 0.226 e. The van der Waals surface area contributed by atoms with Crippen LogP contribution in [0.2, 0.25) is 0 Å². The number of amides is 1. The van der Waals surface area contributed by atoms with Crippen LogP contribution in [-0.2, 0) is 4.79 Å². The molecule has 1 aromatic carbocycles. The number of phenols is 1. The lowest BCUT2D eigenvalue weighted by Crippen LogP contribution is -2.25. The van der Waals surface area contributed by atoms with Gasteiger partial charge in [-0.1, -0.05) is 0 Å². The molecule has 0 unspecified atom stereocenters. The van der Waals surface area contributed by atoms with Gasteiger partial charge < -0.3 is 15.7 Å². The summed E-state index contributed by atoms with van der Waals surface area (Å²) in [5.41, 5.74) is 6.15. The van der Waals surface area contributed by atoms with Crippen molar-refractivity contribution in [2.75, 3.05) is 18.5 Å². The Morgan fingerprint density at radius 2 is 1.94 bits per heavy atom. The summed E-state index contributed by atoms with van der Waals surface area (Å²) >= 11 is 0. The van der Waals surface area contributed by atoms with Gasteiger partial charge >= 0.3 is 0 Å². The Balaban J connectivity index is 2.53. The lowest BCUT2D eigenvalue weighted by atomic mass is 10.2. The number of benzene rings is 1. The summed E-state index contributed by atoms with van der Waals surface area (Å²) in [7, 11) is 1.73. The Hall–Kier alpha value is -1.55. The Labute approximate surface area is 95.7 Å². The number of aromatic hydroxyl groups is 1. The van der Waals surface area contributed by atoms with Crippen molar-refractivity contribution in [3.63, 3.8) is 0 Å². The molecule has 4 heteroatoms. The number of hydrogen-bond acceptors (Lipinski definition) is 3. The van der Waals surface area contributed by atoms with Gasteiger partial charge in [-0.15, -0.1) is 0 Å². The minimum absolute atomic E-state index is 0.0686. The molecule has 0 saturated carbocycles. The molecule has 0 aromatic heterocycles. The summed E-state index contributed by atoms with van der Waals surface area (Å²) in [6.45, 7) is 0.621. The van der Waals surface area contributed by atoms with Crippen LogP contribution in [0.3, 0.4) is 0 Å². The second kappa shape index (κ2) is 6.12. The number of nitrogens with two attached hydrogens (primary N) is 1. The molecule has 1 amide bonds. The van der Waals surface area contributed by atoms with Crippen molar-refractivity contribution in [1.82, 2.24) is 0 Å². The standard InChI is InChI=1S/C12H18N2O2/c1-14(12(16)4-2-3-9-13)10-5-7-11(15)8-6-10/h5-8,15H,2-4,9,13H2,1H3. The number of unbranched alkanes of at least 4 members (excludes halogenated alkanes) is 1. The van der Waals surface area contributed by atoms with E-state index in [1.807, 2.05) is 0 Å². The first-order chi connectivity index (χ1) is 7.65. The first kappa shape index (κ1) is 12.5. The zero-order chi connectivity index (χ0) is 12.0. The van der Waals surface area contributed by atoms with Crippen LogP contribution in [0.15, 0.2) is 24.3 Å². The Morgan fingerprint density at radius 3 is 2.50 bits per heavy atom. The average Bonchev–Trinajstić information content (AvgIpc) is 2.29. The van der Waals surface area contributed by atoms with Gasteiger partial charge in [0.2, 0.25) is 5.91 Å². The Morgan fingerprint density at radius 1 is 1.31 bits per heavy atom. The molecule has 0 aliphatic rings. The third-order valence-electron chi connectivity index (χ3n) is 2.46. The molecule has 0 spiro atoms. The van der Waals surface area contributed by atoms with E-state index in [4.69, 9.17) is 10.8 Å². The highest BCUT2D eigenvalue weighted by Gasteiger charge is 2.09. The second-order valence-electron chi connectivity index (χ2n) is 3.71. The molecule has 1 rings (SSSR count). The minimum Gasteiger partial charge on any atom is -0.508 e. The molecular formula is C12H18N2O2. The molecular weight excluding hydrogens is 204 g/mol. The minimum atomic E-state index is 0.0686. The molecule has 0 aliphatic heterocycles. The lowest BCUT2D eigenvalue weighted by Gasteiger charge is -2.17. The van der Waals surface area contributed by atoms with E-state index in [1.54, 1.807) is 36.2 Å². The highest BCUT2D eigenvalue weighted by molar-refractivity contribution is 5.92. The maximum absolute atomic E-state index is 11.7. The topological polar surface area (TPSA) is 66.6 Å². The molecule has 0 heterocycles. The number of nitrogens with zero attached hydrogens (tertiary/aromatic N) is 1. The lowest BCUT2D eigenvalue weighted by molar-refractivity contribution is -0.118. The van der Waals surface area contributed by atoms with Crippen LogP contribution < -0.4 is 10.6 Å². The fraction of sp³-hybridized carbons (Fsp3) is 0.417. The van der Waals surface area contributed by atoms with Gasteiger partial charge in [-0.3, -0.25) is 4.79 Å². The van der Waals surface area contributed by atoms with E-state index in [9.17, 15) is 4.79 Å². The van der Waals surface area contributed by atoms with Gasteiger partial charge in [0.15, 0.2) is 0 Å². The highest BCUT2D eigenvalue weighted by atomic mass is 16.3.